The van der Waals surface area contributed by atoms with E-state index in [1.165, 1.54) is 0 Å². The summed E-state index contributed by atoms with van der Waals surface area (Å²) in [5.74, 6) is -0.304. The quantitative estimate of drug-likeness (QED) is 0.776. The van der Waals surface area contributed by atoms with E-state index in [9.17, 15) is 9.59 Å². The van der Waals surface area contributed by atoms with Gasteiger partial charge in [0, 0.05) is 35.4 Å². The third kappa shape index (κ3) is 5.04. The minimum atomic E-state index is -0.557. The van der Waals surface area contributed by atoms with Crippen molar-refractivity contribution in [3.05, 3.63) is 65.2 Å². The molecule has 2 N–H and O–H groups in total. The van der Waals surface area contributed by atoms with E-state index in [-0.39, 0.29) is 23.8 Å². The third-order valence-corrected chi connectivity index (χ3v) is 5.22. The first-order valence-corrected chi connectivity index (χ1v) is 9.98. The molecule has 2 aromatic carbocycles. The number of hydrogen-bond acceptors (Lipinski definition) is 3. The summed E-state index contributed by atoms with van der Waals surface area (Å²) in [5.41, 5.74) is 1.55. The van der Waals surface area contributed by atoms with E-state index in [1.807, 2.05) is 49.1 Å². The van der Waals surface area contributed by atoms with E-state index in [0.717, 1.165) is 12.1 Å². The summed E-state index contributed by atoms with van der Waals surface area (Å²) in [7, 11) is 0. The van der Waals surface area contributed by atoms with E-state index < -0.39 is 6.04 Å². The first kappa shape index (κ1) is 20.2. The molecule has 1 heterocycles. The second-order valence-electron chi connectivity index (χ2n) is 7.48. The Morgan fingerprint density at radius 2 is 1.75 bits per heavy atom. The molecule has 1 aliphatic heterocycles. The fourth-order valence-corrected chi connectivity index (χ4v) is 3.51. The number of nitrogens with zero attached hydrogens (tertiary/aromatic N) is 1. The summed E-state index contributed by atoms with van der Waals surface area (Å²) in [4.78, 5) is 27.5. The Morgan fingerprint density at radius 1 is 1.07 bits per heavy atom. The SMILES string of the molecule is CC(C)C(NC(=O)c1ccc(Cl)cc1)C(=O)N1CCC(Nc2ccccc2)C1. The van der Waals surface area contributed by atoms with E-state index >= 15 is 0 Å². The predicted molar refractivity (Wildman–Crippen MR) is 113 cm³/mol. The highest BCUT2D eigenvalue weighted by Crippen LogP contribution is 2.18. The van der Waals surface area contributed by atoms with Crippen LogP contribution in [-0.2, 0) is 4.79 Å². The van der Waals surface area contributed by atoms with E-state index in [1.54, 1.807) is 24.3 Å². The van der Waals surface area contributed by atoms with Crippen LogP contribution in [0.4, 0.5) is 5.69 Å². The molecule has 1 aliphatic rings. The number of anilines is 1. The average Bonchev–Trinajstić information content (AvgIpc) is 3.15. The van der Waals surface area contributed by atoms with Gasteiger partial charge < -0.3 is 15.5 Å². The van der Waals surface area contributed by atoms with Crippen LogP contribution in [0.3, 0.4) is 0 Å². The Hall–Kier alpha value is -2.53. The molecule has 0 aliphatic carbocycles. The van der Waals surface area contributed by atoms with Crippen molar-refractivity contribution < 1.29 is 9.59 Å². The maximum absolute atomic E-state index is 13.1. The van der Waals surface area contributed by atoms with Gasteiger partial charge in [-0.05, 0) is 48.7 Å². The first-order valence-electron chi connectivity index (χ1n) is 9.61. The van der Waals surface area contributed by atoms with Crippen molar-refractivity contribution in [1.82, 2.24) is 10.2 Å². The molecule has 0 spiro atoms. The summed E-state index contributed by atoms with van der Waals surface area (Å²) >= 11 is 5.88. The van der Waals surface area contributed by atoms with Crippen molar-refractivity contribution in [1.29, 1.82) is 0 Å². The molecule has 2 unspecified atom stereocenters. The number of nitrogens with one attached hydrogen (secondary N) is 2. The lowest BCUT2D eigenvalue weighted by Crippen LogP contribution is -2.51. The Balaban J connectivity index is 1.61. The number of amides is 2. The van der Waals surface area contributed by atoms with Gasteiger partial charge in [-0.25, -0.2) is 0 Å². The normalized spacial score (nSPS) is 17.4. The standard InChI is InChI=1S/C22H26ClN3O2/c1-15(2)20(25-21(27)16-8-10-17(23)11-9-16)22(28)26-13-12-19(14-26)24-18-6-4-3-5-7-18/h3-11,15,19-20,24H,12-14H2,1-2H3,(H,25,27). The summed E-state index contributed by atoms with van der Waals surface area (Å²) in [6.07, 6.45) is 0.885. The molecule has 6 heteroatoms. The highest BCUT2D eigenvalue weighted by atomic mass is 35.5. The topological polar surface area (TPSA) is 61.4 Å². The smallest absolute Gasteiger partial charge is 0.251 e. The largest absolute Gasteiger partial charge is 0.380 e. The molecule has 0 bridgehead atoms. The number of benzene rings is 2. The molecule has 2 amide bonds. The van der Waals surface area contributed by atoms with Crippen molar-refractivity contribution in [2.45, 2.75) is 32.4 Å². The van der Waals surface area contributed by atoms with Crippen molar-refractivity contribution >= 4 is 29.1 Å². The van der Waals surface area contributed by atoms with Gasteiger partial charge in [0.05, 0.1) is 0 Å². The minimum Gasteiger partial charge on any atom is -0.380 e. The fraction of sp³-hybridized carbons (Fsp3) is 0.364. The highest BCUT2D eigenvalue weighted by Gasteiger charge is 2.33. The van der Waals surface area contributed by atoms with Gasteiger partial charge in [0.1, 0.15) is 6.04 Å². The van der Waals surface area contributed by atoms with Gasteiger partial charge in [0.2, 0.25) is 5.91 Å². The number of para-hydroxylation sites is 1. The van der Waals surface area contributed by atoms with Crippen LogP contribution in [0.2, 0.25) is 5.02 Å². The Morgan fingerprint density at radius 3 is 2.39 bits per heavy atom. The van der Waals surface area contributed by atoms with Crippen molar-refractivity contribution in [2.75, 3.05) is 18.4 Å². The molecule has 5 nitrogen and oxygen atoms in total. The zero-order valence-corrected chi connectivity index (χ0v) is 16.9. The molecule has 0 aromatic heterocycles. The monoisotopic (exact) mass is 399 g/mol. The van der Waals surface area contributed by atoms with E-state index in [2.05, 4.69) is 10.6 Å². The van der Waals surface area contributed by atoms with Gasteiger partial charge in [0.25, 0.3) is 5.91 Å². The molecule has 28 heavy (non-hydrogen) atoms. The number of halogens is 1. The van der Waals surface area contributed by atoms with Crippen molar-refractivity contribution in [3.8, 4) is 0 Å². The van der Waals surface area contributed by atoms with Crippen molar-refractivity contribution in [3.63, 3.8) is 0 Å². The number of hydrogen-bond donors (Lipinski definition) is 2. The lowest BCUT2D eigenvalue weighted by atomic mass is 10.0. The summed E-state index contributed by atoms with van der Waals surface area (Å²) in [5, 5.41) is 6.94. The van der Waals surface area contributed by atoms with Gasteiger partial charge in [-0.3, -0.25) is 9.59 Å². The molecule has 1 fully saturated rings. The zero-order valence-electron chi connectivity index (χ0n) is 16.2. The average molecular weight is 400 g/mol. The molecule has 0 saturated carbocycles. The second-order valence-corrected chi connectivity index (χ2v) is 7.92. The molecule has 1 saturated heterocycles. The number of carbonyl (C=O) groups excluding carboxylic acids is 2. The Kier molecular flexibility index (Phi) is 6.57. The van der Waals surface area contributed by atoms with E-state index in [0.29, 0.717) is 23.7 Å². The predicted octanol–water partition coefficient (Wildman–Crippen LogP) is 3.81. The Labute approximate surface area is 171 Å². The van der Waals surface area contributed by atoms with E-state index in [4.69, 9.17) is 11.6 Å². The van der Waals surface area contributed by atoms with Crippen LogP contribution in [-0.4, -0.2) is 41.9 Å². The van der Waals surface area contributed by atoms with Crippen LogP contribution in [0.15, 0.2) is 54.6 Å². The summed E-state index contributed by atoms with van der Waals surface area (Å²) in [6.45, 7) is 5.21. The number of likely N-dealkylation sites (tertiary alicyclic amines) is 1. The lowest BCUT2D eigenvalue weighted by molar-refractivity contribution is -0.133. The maximum atomic E-state index is 13.1. The van der Waals surface area contributed by atoms with Gasteiger partial charge >= 0.3 is 0 Å². The summed E-state index contributed by atoms with van der Waals surface area (Å²) < 4.78 is 0. The molecule has 2 aromatic rings. The second kappa shape index (κ2) is 9.11. The van der Waals surface area contributed by atoms with Crippen LogP contribution in [0.5, 0.6) is 0 Å². The van der Waals surface area contributed by atoms with Gasteiger partial charge in [0.15, 0.2) is 0 Å². The molecular formula is C22H26ClN3O2. The van der Waals surface area contributed by atoms with Gasteiger partial charge in [-0.1, -0.05) is 43.6 Å². The highest BCUT2D eigenvalue weighted by molar-refractivity contribution is 6.30. The number of rotatable bonds is 6. The molecule has 148 valence electrons. The third-order valence-electron chi connectivity index (χ3n) is 4.97. The van der Waals surface area contributed by atoms with Crippen LogP contribution in [0, 0.1) is 5.92 Å². The van der Waals surface area contributed by atoms with Gasteiger partial charge in [-0.2, -0.15) is 0 Å². The van der Waals surface area contributed by atoms with Crippen LogP contribution in [0.1, 0.15) is 30.6 Å². The maximum Gasteiger partial charge on any atom is 0.251 e. The molecular weight excluding hydrogens is 374 g/mol. The zero-order chi connectivity index (χ0) is 20.1. The lowest BCUT2D eigenvalue weighted by Gasteiger charge is -2.27. The fourth-order valence-electron chi connectivity index (χ4n) is 3.38. The Bertz CT molecular complexity index is 808. The molecule has 3 rings (SSSR count). The molecule has 2 atom stereocenters. The van der Waals surface area contributed by atoms with Crippen LogP contribution >= 0.6 is 11.6 Å². The van der Waals surface area contributed by atoms with Crippen LogP contribution in [0.25, 0.3) is 0 Å². The van der Waals surface area contributed by atoms with Crippen molar-refractivity contribution in [2.24, 2.45) is 5.92 Å². The first-order chi connectivity index (χ1) is 13.4. The minimum absolute atomic E-state index is 0.00937. The molecule has 0 radical (unpaired) electrons. The number of carbonyl (C=O) groups is 2. The van der Waals surface area contributed by atoms with Gasteiger partial charge in [-0.15, -0.1) is 0 Å². The van der Waals surface area contributed by atoms with Crippen LogP contribution < -0.4 is 10.6 Å². The summed E-state index contributed by atoms with van der Waals surface area (Å²) in [6, 6.07) is 16.3.